The van der Waals surface area contributed by atoms with Crippen LogP contribution in [0.25, 0.3) is 0 Å². The molecule has 3 aliphatic carbocycles. The fourth-order valence-corrected chi connectivity index (χ4v) is 9.48. The minimum absolute atomic E-state index is 0. The van der Waals surface area contributed by atoms with Gasteiger partial charge in [0.1, 0.15) is 6.10 Å². The SMILES string of the molecule is C.C=C=C=C=C=C=C=C.CC1OC(=O)[C@@H]2C=C3CC4(CC[C@H]3[C@H](C(=O)N3CCOCC3)[C@H]12)OCCO4.C[C@H](CCC(=O)N1CCOCC1)OC(=O)/C=C/C1=CCCC2(C1)OCCO2. The van der Waals surface area contributed by atoms with Crippen LogP contribution in [0.4, 0.5) is 0 Å². The van der Waals surface area contributed by atoms with Gasteiger partial charge in [-0.25, -0.2) is 4.79 Å². The molecule has 1 saturated carbocycles. The Hall–Kier alpha value is -4.72. The molecule has 0 aromatic carbocycles. The number of hydrogen-bond acceptors (Lipinski definition) is 12. The summed E-state index contributed by atoms with van der Waals surface area (Å²) in [5.74, 6) is -1.92. The molecular weight excluding hydrogens is 809 g/mol. The standard InChI is InChI=1S/C20H27NO6.C20H29NO6.C8H4.CH4/c1-12-16-15(19(23)27-12)10-13-11-20(25-8-9-26-20)3-2-14(13)17(16)18(22)21-4-6-24-7-5-21;1-16(4-6-18(22)21-9-11-24-12-10-21)27-19(23)7-5-17-3-2-8-20(15-17)25-13-14-26-20;1-3-5-7-8-6-4-2;/h10,12,14-17H,2-9,11H2,1H3;3,5,7,16H,2,4,6,8-15H2,1H3;1-2H2;1H4/b;7-5+;;/t12?,14-,15-,16-,17+;16-;;/m11../s1. The van der Waals surface area contributed by atoms with Crippen LogP contribution in [-0.2, 0) is 57.1 Å². The number of rotatable bonds is 7. The van der Waals surface area contributed by atoms with Crippen LogP contribution in [0.2, 0.25) is 0 Å². The number of carbonyl (C=O) groups is 4. The largest absolute Gasteiger partial charge is 0.462 e. The number of allylic oxidation sites excluding steroid dienone is 2. The zero-order chi connectivity index (χ0) is 44.0. The van der Waals surface area contributed by atoms with E-state index in [1.807, 2.05) is 18.7 Å². The summed E-state index contributed by atoms with van der Waals surface area (Å²) in [7, 11) is 0. The van der Waals surface area contributed by atoms with Gasteiger partial charge < -0.3 is 47.7 Å². The van der Waals surface area contributed by atoms with E-state index < -0.39 is 17.5 Å². The van der Waals surface area contributed by atoms with Gasteiger partial charge in [-0.1, -0.05) is 42.7 Å². The first-order valence-corrected chi connectivity index (χ1v) is 21.9. The summed E-state index contributed by atoms with van der Waals surface area (Å²) >= 11 is 0. The van der Waals surface area contributed by atoms with Gasteiger partial charge in [0.25, 0.3) is 0 Å². The number of fused-ring (bicyclic) bond motifs is 2. The molecule has 342 valence electrons. The van der Waals surface area contributed by atoms with Crippen molar-refractivity contribution in [2.45, 2.75) is 96.4 Å². The Morgan fingerprint density at radius 3 is 2.05 bits per heavy atom. The smallest absolute Gasteiger partial charge is 0.331 e. The summed E-state index contributed by atoms with van der Waals surface area (Å²) in [5, 5.41) is 0. The lowest BCUT2D eigenvalue weighted by atomic mass is 9.61. The molecule has 0 N–H and O–H groups in total. The predicted octanol–water partition coefficient (Wildman–Crippen LogP) is 5.46. The van der Waals surface area contributed by atoms with Crippen molar-refractivity contribution < 1.29 is 57.1 Å². The van der Waals surface area contributed by atoms with Crippen molar-refractivity contribution in [1.82, 2.24) is 9.80 Å². The van der Waals surface area contributed by atoms with Crippen LogP contribution >= 0.6 is 0 Å². The molecule has 5 saturated heterocycles. The molecule has 14 nitrogen and oxygen atoms in total. The molecule has 8 aliphatic rings. The van der Waals surface area contributed by atoms with E-state index in [2.05, 4.69) is 59.7 Å². The average Bonchev–Trinajstić information content (AvgIpc) is 4.02. The maximum atomic E-state index is 13.5. The second kappa shape index (κ2) is 23.8. The number of amides is 2. The molecule has 2 spiro atoms. The van der Waals surface area contributed by atoms with E-state index in [1.54, 1.807) is 11.0 Å². The maximum Gasteiger partial charge on any atom is 0.331 e. The first-order chi connectivity index (χ1) is 30.1. The van der Waals surface area contributed by atoms with Gasteiger partial charge in [0.15, 0.2) is 11.6 Å². The number of cyclic esters (lactones) is 1. The van der Waals surface area contributed by atoms with Crippen molar-refractivity contribution in [2.75, 3.05) is 79.0 Å². The van der Waals surface area contributed by atoms with Crippen LogP contribution in [-0.4, -0.2) is 136 Å². The van der Waals surface area contributed by atoms with Crippen LogP contribution in [0, 0.1) is 23.7 Å². The minimum Gasteiger partial charge on any atom is -0.462 e. The van der Waals surface area contributed by atoms with Gasteiger partial charge >= 0.3 is 11.9 Å². The van der Waals surface area contributed by atoms with E-state index in [9.17, 15) is 19.2 Å². The molecule has 2 amide bonds. The van der Waals surface area contributed by atoms with Gasteiger partial charge in [-0.15, -0.1) is 0 Å². The topological polar surface area (TPSA) is 149 Å². The van der Waals surface area contributed by atoms with Gasteiger partial charge in [-0.05, 0) is 80.7 Å². The second-order valence-electron chi connectivity index (χ2n) is 16.4. The lowest BCUT2D eigenvalue weighted by molar-refractivity contribution is -0.177. The highest BCUT2D eigenvalue weighted by atomic mass is 16.7. The molecule has 5 heterocycles. The minimum atomic E-state index is -0.560. The van der Waals surface area contributed by atoms with Gasteiger partial charge in [0, 0.05) is 70.3 Å². The van der Waals surface area contributed by atoms with Gasteiger partial charge in [-0.3, -0.25) is 14.4 Å². The Kier molecular flexibility index (Phi) is 18.6. The third-order valence-electron chi connectivity index (χ3n) is 12.4. The Bertz CT molecular complexity index is 1910. The zero-order valence-corrected chi connectivity index (χ0v) is 36.1. The van der Waals surface area contributed by atoms with Crippen LogP contribution < -0.4 is 0 Å². The molecule has 0 aromatic rings. The van der Waals surface area contributed by atoms with Crippen LogP contribution in [0.5, 0.6) is 0 Å². The van der Waals surface area contributed by atoms with Crippen molar-refractivity contribution in [3.63, 3.8) is 0 Å². The molecule has 0 bridgehead atoms. The van der Waals surface area contributed by atoms with Crippen molar-refractivity contribution >= 4 is 23.8 Å². The Morgan fingerprint density at radius 2 is 1.44 bits per heavy atom. The predicted molar refractivity (Wildman–Crippen MR) is 230 cm³/mol. The highest BCUT2D eigenvalue weighted by Crippen LogP contribution is 2.53. The first kappa shape index (κ1) is 49.3. The number of ether oxygens (including phenoxy) is 8. The van der Waals surface area contributed by atoms with Crippen LogP contribution in [0.1, 0.15) is 72.6 Å². The van der Waals surface area contributed by atoms with Gasteiger partial charge in [-0.2, -0.15) is 0 Å². The average molecular weight is 873 g/mol. The third kappa shape index (κ3) is 13.2. The molecule has 14 heteroatoms. The molecule has 8 rings (SSSR count). The van der Waals surface area contributed by atoms with E-state index in [-0.39, 0.29) is 61.1 Å². The summed E-state index contributed by atoms with van der Waals surface area (Å²) in [6, 6.07) is 0. The molecule has 6 atom stereocenters. The summed E-state index contributed by atoms with van der Waals surface area (Å²) in [5.41, 5.74) is 16.7. The molecule has 0 radical (unpaired) electrons. The molecule has 6 fully saturated rings. The molecule has 1 unspecified atom stereocenters. The van der Waals surface area contributed by atoms with E-state index in [4.69, 9.17) is 37.9 Å². The zero-order valence-electron chi connectivity index (χ0n) is 36.1. The van der Waals surface area contributed by atoms with E-state index in [0.717, 1.165) is 36.8 Å². The van der Waals surface area contributed by atoms with E-state index >= 15 is 0 Å². The number of hydrogen-bond donors (Lipinski definition) is 0. The lowest BCUT2D eigenvalue weighted by Crippen LogP contribution is -2.52. The Morgan fingerprint density at radius 1 is 0.857 bits per heavy atom. The highest BCUT2D eigenvalue weighted by molar-refractivity contribution is 5.85. The van der Waals surface area contributed by atoms with Crippen molar-refractivity contribution in [2.24, 2.45) is 23.7 Å². The number of carbonyl (C=O) groups excluding carboxylic acids is 4. The van der Waals surface area contributed by atoms with Crippen molar-refractivity contribution in [3.8, 4) is 0 Å². The lowest BCUT2D eigenvalue weighted by Gasteiger charge is -2.46. The van der Waals surface area contributed by atoms with Crippen molar-refractivity contribution in [1.29, 1.82) is 0 Å². The van der Waals surface area contributed by atoms with Crippen LogP contribution in [0.3, 0.4) is 0 Å². The van der Waals surface area contributed by atoms with Gasteiger partial charge in [0.2, 0.25) is 11.8 Å². The summed E-state index contributed by atoms with van der Waals surface area (Å²) in [4.78, 5) is 53.9. The molecule has 63 heavy (non-hydrogen) atoms. The number of morpholine rings is 2. The van der Waals surface area contributed by atoms with E-state index in [0.29, 0.717) is 105 Å². The third-order valence-corrected chi connectivity index (χ3v) is 12.4. The fraction of sp³-hybridized carbons (Fsp3) is 0.633. The summed E-state index contributed by atoms with van der Waals surface area (Å²) in [6.07, 6.45) is 12.4. The maximum absolute atomic E-state index is 13.5. The van der Waals surface area contributed by atoms with Crippen molar-refractivity contribution in [3.05, 3.63) is 83.0 Å². The Labute approximate surface area is 371 Å². The fourth-order valence-electron chi connectivity index (χ4n) is 9.48. The normalized spacial score (nSPS) is 27.8. The summed E-state index contributed by atoms with van der Waals surface area (Å²) < 4.78 is 44.9. The molecular formula is C49H64N2O12. The molecule has 0 aromatic heterocycles. The van der Waals surface area contributed by atoms with Crippen LogP contribution in [0.15, 0.2) is 83.0 Å². The second-order valence-corrected chi connectivity index (χ2v) is 16.4. The molecule has 5 aliphatic heterocycles. The quantitative estimate of drug-likeness (QED) is 0.139. The number of nitrogens with zero attached hydrogens (tertiary/aromatic N) is 2. The number of esters is 2. The highest BCUT2D eigenvalue weighted by Gasteiger charge is 2.57. The summed E-state index contributed by atoms with van der Waals surface area (Å²) in [6.45, 7) is 17.6. The van der Waals surface area contributed by atoms with Gasteiger partial charge in [0.05, 0.1) is 70.8 Å². The first-order valence-electron chi connectivity index (χ1n) is 21.9. The van der Waals surface area contributed by atoms with E-state index in [1.165, 1.54) is 6.08 Å². The Balaban J connectivity index is 0.000000200. The monoisotopic (exact) mass is 872 g/mol.